The number of alkyl halides is 3. The first-order valence-corrected chi connectivity index (χ1v) is 9.27. The van der Waals surface area contributed by atoms with Crippen LogP contribution in [0.5, 0.6) is 0 Å². The van der Waals surface area contributed by atoms with Gasteiger partial charge in [-0.3, -0.25) is 4.79 Å². The Balaban J connectivity index is 1.53. The van der Waals surface area contributed by atoms with Crippen molar-refractivity contribution in [3.63, 3.8) is 0 Å². The molecule has 0 aliphatic heterocycles. The van der Waals surface area contributed by atoms with Gasteiger partial charge < -0.3 is 14.4 Å². The van der Waals surface area contributed by atoms with E-state index in [-0.39, 0.29) is 11.7 Å². The van der Waals surface area contributed by atoms with E-state index in [9.17, 15) is 22.4 Å². The molecular weight excluding hydrogens is 416 g/mol. The molecule has 6 nitrogen and oxygen atoms in total. The lowest BCUT2D eigenvalue weighted by Gasteiger charge is -2.08. The summed E-state index contributed by atoms with van der Waals surface area (Å²) in [5.41, 5.74) is 2.44. The minimum atomic E-state index is -4.71. The van der Waals surface area contributed by atoms with Gasteiger partial charge in [-0.05, 0) is 42.8 Å². The predicted octanol–water partition coefficient (Wildman–Crippen LogP) is 4.59. The van der Waals surface area contributed by atoms with E-state index in [1.807, 2.05) is 17.7 Å². The number of carbonyl (C=O) groups is 1. The molecule has 31 heavy (non-hydrogen) atoms. The van der Waals surface area contributed by atoms with Crippen molar-refractivity contribution < 1.29 is 26.9 Å². The number of rotatable bonds is 5. The van der Waals surface area contributed by atoms with Crippen LogP contribution in [0.25, 0.3) is 22.3 Å². The number of hydrogen-bond donors (Lipinski definition) is 1. The van der Waals surface area contributed by atoms with Crippen LogP contribution in [-0.4, -0.2) is 27.2 Å². The number of halogens is 4. The Morgan fingerprint density at radius 3 is 2.58 bits per heavy atom. The van der Waals surface area contributed by atoms with Gasteiger partial charge in [-0.1, -0.05) is 17.3 Å². The Kier molecular flexibility index (Phi) is 5.22. The highest BCUT2D eigenvalue weighted by Gasteiger charge is 2.38. The van der Waals surface area contributed by atoms with Crippen molar-refractivity contribution in [2.24, 2.45) is 0 Å². The zero-order valence-electron chi connectivity index (χ0n) is 16.2. The average molecular weight is 432 g/mol. The summed E-state index contributed by atoms with van der Waals surface area (Å²) in [4.78, 5) is 15.6. The lowest BCUT2D eigenvalue weighted by molar-refractivity contribution is -0.159. The molecule has 10 heteroatoms. The fourth-order valence-corrected chi connectivity index (χ4v) is 3.25. The molecule has 4 rings (SSSR count). The van der Waals surface area contributed by atoms with E-state index < -0.39 is 17.9 Å². The zero-order valence-corrected chi connectivity index (χ0v) is 16.2. The van der Waals surface area contributed by atoms with E-state index >= 15 is 0 Å². The van der Waals surface area contributed by atoms with Gasteiger partial charge in [0.05, 0.1) is 0 Å². The number of nitrogens with one attached hydrogen (secondary N) is 1. The maximum atomic E-state index is 13.0. The van der Waals surface area contributed by atoms with E-state index in [1.54, 1.807) is 18.2 Å². The topological polar surface area (TPSA) is 73.0 Å². The van der Waals surface area contributed by atoms with Crippen LogP contribution in [0.3, 0.4) is 0 Å². The molecule has 0 aliphatic carbocycles. The van der Waals surface area contributed by atoms with Gasteiger partial charge in [-0.2, -0.15) is 18.2 Å². The molecule has 0 unspecified atom stereocenters. The monoisotopic (exact) mass is 432 g/mol. The van der Waals surface area contributed by atoms with Gasteiger partial charge in [0.2, 0.25) is 5.82 Å². The third-order valence-corrected chi connectivity index (χ3v) is 4.75. The van der Waals surface area contributed by atoms with Crippen LogP contribution in [-0.2, 0) is 12.7 Å². The van der Waals surface area contributed by atoms with E-state index in [4.69, 9.17) is 0 Å². The molecule has 0 atom stereocenters. The van der Waals surface area contributed by atoms with Crippen LogP contribution in [0.2, 0.25) is 0 Å². The number of aryl methyl sites for hydroxylation is 1. The number of hydrogen-bond acceptors (Lipinski definition) is 4. The highest BCUT2D eigenvalue weighted by Crippen LogP contribution is 2.31. The van der Waals surface area contributed by atoms with Gasteiger partial charge in [-0.15, -0.1) is 0 Å². The van der Waals surface area contributed by atoms with Crippen LogP contribution < -0.4 is 5.32 Å². The Labute approximate surface area is 173 Å². The van der Waals surface area contributed by atoms with E-state index in [0.717, 1.165) is 16.5 Å². The number of amides is 1. The largest absolute Gasteiger partial charge is 0.471 e. The van der Waals surface area contributed by atoms with Gasteiger partial charge in [-0.25, -0.2) is 4.39 Å². The average Bonchev–Trinajstić information content (AvgIpc) is 3.34. The summed E-state index contributed by atoms with van der Waals surface area (Å²) >= 11 is 0. The Hall–Kier alpha value is -3.69. The third-order valence-electron chi connectivity index (χ3n) is 4.75. The maximum Gasteiger partial charge on any atom is 0.471 e. The van der Waals surface area contributed by atoms with Gasteiger partial charge in [0.15, 0.2) is 0 Å². The first kappa shape index (κ1) is 20.6. The first-order chi connectivity index (χ1) is 14.7. The lowest BCUT2D eigenvalue weighted by Crippen LogP contribution is -2.27. The Morgan fingerprint density at radius 1 is 1.16 bits per heavy atom. The van der Waals surface area contributed by atoms with E-state index in [1.165, 1.54) is 24.3 Å². The number of benzene rings is 2. The van der Waals surface area contributed by atoms with E-state index in [2.05, 4.69) is 20.0 Å². The molecule has 0 saturated carbocycles. The van der Waals surface area contributed by atoms with Gasteiger partial charge in [0, 0.05) is 41.3 Å². The summed E-state index contributed by atoms with van der Waals surface area (Å²) in [7, 11) is 0. The number of nitrogens with zero attached hydrogens (tertiary/aromatic N) is 3. The lowest BCUT2D eigenvalue weighted by atomic mass is 10.1. The summed E-state index contributed by atoms with van der Waals surface area (Å²) in [6.07, 6.45) is -2.83. The van der Waals surface area contributed by atoms with Crippen molar-refractivity contribution in [1.29, 1.82) is 0 Å². The Bertz CT molecular complexity index is 1240. The molecule has 2 aromatic heterocycles. The number of fused-ring (bicyclic) bond motifs is 1. The maximum absolute atomic E-state index is 13.0. The highest BCUT2D eigenvalue weighted by atomic mass is 19.4. The molecule has 4 aromatic rings. The third kappa shape index (κ3) is 4.27. The SMILES string of the molecule is Cc1cn(CCNC(=O)c2ccc(F)cc2)c2cc(-c3noc(C(F)(F)F)n3)ccc12. The second-order valence-electron chi connectivity index (χ2n) is 6.92. The van der Waals surface area contributed by atoms with Crippen molar-refractivity contribution in [1.82, 2.24) is 20.0 Å². The van der Waals surface area contributed by atoms with E-state index in [0.29, 0.717) is 24.2 Å². The molecule has 0 bridgehead atoms. The molecule has 1 N–H and O–H groups in total. The standard InChI is InChI=1S/C21H16F4N4O2/c1-12-11-29(9-8-26-19(30)13-2-5-15(22)6-3-13)17-10-14(4-7-16(12)17)18-27-20(31-28-18)21(23,24)25/h2-7,10-11H,8-9H2,1H3,(H,26,30). The molecule has 0 radical (unpaired) electrons. The van der Waals surface area contributed by atoms with Gasteiger partial charge in [0.1, 0.15) is 5.82 Å². The van der Waals surface area contributed by atoms with Crippen LogP contribution in [0.4, 0.5) is 17.6 Å². The predicted molar refractivity (Wildman–Crippen MR) is 104 cm³/mol. The molecule has 0 saturated heterocycles. The van der Waals surface area contributed by atoms with Crippen molar-refractivity contribution in [2.45, 2.75) is 19.6 Å². The summed E-state index contributed by atoms with van der Waals surface area (Å²) in [5.74, 6) is -2.33. The van der Waals surface area contributed by atoms with Crippen molar-refractivity contribution in [3.05, 3.63) is 71.5 Å². The first-order valence-electron chi connectivity index (χ1n) is 9.27. The Morgan fingerprint density at radius 2 is 1.90 bits per heavy atom. The number of aromatic nitrogens is 3. The summed E-state index contributed by atoms with van der Waals surface area (Å²) < 4.78 is 57.4. The van der Waals surface area contributed by atoms with Gasteiger partial charge in [0.25, 0.3) is 5.91 Å². The summed E-state index contributed by atoms with van der Waals surface area (Å²) in [6.45, 7) is 2.62. The molecular formula is C21H16F4N4O2. The summed E-state index contributed by atoms with van der Waals surface area (Å²) in [6, 6.07) is 10.3. The highest BCUT2D eigenvalue weighted by molar-refractivity contribution is 5.94. The van der Waals surface area contributed by atoms with Crippen LogP contribution >= 0.6 is 0 Å². The van der Waals surface area contributed by atoms with Crippen molar-refractivity contribution in [3.8, 4) is 11.4 Å². The van der Waals surface area contributed by atoms with Crippen molar-refractivity contribution >= 4 is 16.8 Å². The molecule has 2 aromatic carbocycles. The fourth-order valence-electron chi connectivity index (χ4n) is 3.25. The molecule has 2 heterocycles. The number of carbonyl (C=O) groups excluding carboxylic acids is 1. The van der Waals surface area contributed by atoms with Gasteiger partial charge >= 0.3 is 12.1 Å². The molecule has 0 aliphatic rings. The molecule has 160 valence electrons. The van der Waals surface area contributed by atoms with Crippen LogP contribution in [0, 0.1) is 12.7 Å². The molecule has 0 spiro atoms. The smallest absolute Gasteiger partial charge is 0.350 e. The van der Waals surface area contributed by atoms with Crippen LogP contribution in [0.15, 0.2) is 53.2 Å². The fraction of sp³-hybridized carbons (Fsp3) is 0.190. The normalized spacial score (nSPS) is 11.8. The van der Waals surface area contributed by atoms with Crippen LogP contribution in [0.1, 0.15) is 21.8 Å². The minimum absolute atomic E-state index is 0.163. The quantitative estimate of drug-likeness (QED) is 0.469. The zero-order chi connectivity index (χ0) is 22.2. The van der Waals surface area contributed by atoms with Crippen molar-refractivity contribution in [2.75, 3.05) is 6.54 Å². The second-order valence-corrected chi connectivity index (χ2v) is 6.92. The molecule has 1 amide bonds. The second kappa shape index (κ2) is 7.86. The summed E-state index contributed by atoms with van der Waals surface area (Å²) in [5, 5.41) is 7.09. The minimum Gasteiger partial charge on any atom is -0.350 e. The molecule has 0 fully saturated rings.